The molecule has 2 aromatic carbocycles. The molecule has 0 fully saturated rings. The van der Waals surface area contributed by atoms with Crippen molar-refractivity contribution in [1.29, 1.82) is 0 Å². The Balaban J connectivity index is 1.36. The standard InChI is InChI=1S/C23H23FN6O2S2/c1-32-12-11-30-19(13-16-5-3-2-4-6-16)26-29-23(30)33-15-20-27-28-22(34-20)21(31)25-14-17-7-9-18(24)10-8-17/h2-10H,11-15H2,1H3,(H,25,31). The fourth-order valence-electron chi connectivity index (χ4n) is 3.13. The molecule has 1 N–H and O–H groups in total. The first-order valence-electron chi connectivity index (χ1n) is 10.5. The average Bonchev–Trinajstić information content (AvgIpc) is 3.48. The molecule has 0 atom stereocenters. The summed E-state index contributed by atoms with van der Waals surface area (Å²) < 4.78 is 20.3. The molecular formula is C23H23FN6O2S2. The lowest BCUT2D eigenvalue weighted by Crippen LogP contribution is -2.22. The quantitative estimate of drug-likeness (QED) is 0.315. The molecule has 0 unspecified atom stereocenters. The van der Waals surface area contributed by atoms with Crippen molar-refractivity contribution in [1.82, 2.24) is 30.3 Å². The van der Waals surface area contributed by atoms with Crippen molar-refractivity contribution in [2.75, 3.05) is 13.7 Å². The zero-order chi connectivity index (χ0) is 23.8. The number of amides is 1. The van der Waals surface area contributed by atoms with Crippen molar-refractivity contribution in [2.24, 2.45) is 0 Å². The summed E-state index contributed by atoms with van der Waals surface area (Å²) in [7, 11) is 1.66. The number of carbonyl (C=O) groups is 1. The lowest BCUT2D eigenvalue weighted by molar-refractivity contribution is 0.0950. The number of hydrogen-bond acceptors (Lipinski definition) is 8. The molecule has 2 aromatic heterocycles. The molecule has 0 saturated carbocycles. The highest BCUT2D eigenvalue weighted by atomic mass is 32.2. The minimum atomic E-state index is -0.313. The largest absolute Gasteiger partial charge is 0.383 e. The maximum absolute atomic E-state index is 13.0. The zero-order valence-corrected chi connectivity index (χ0v) is 20.1. The van der Waals surface area contributed by atoms with Crippen molar-refractivity contribution >= 4 is 29.0 Å². The van der Waals surface area contributed by atoms with Crippen LogP contribution in [-0.2, 0) is 30.0 Å². The molecule has 2 heterocycles. The summed E-state index contributed by atoms with van der Waals surface area (Å²) >= 11 is 2.73. The minimum Gasteiger partial charge on any atom is -0.383 e. The first-order chi connectivity index (χ1) is 16.6. The molecule has 0 aliphatic heterocycles. The van der Waals surface area contributed by atoms with Crippen LogP contribution in [0.1, 0.15) is 31.8 Å². The first-order valence-corrected chi connectivity index (χ1v) is 12.4. The average molecular weight is 499 g/mol. The van der Waals surface area contributed by atoms with Crippen molar-refractivity contribution in [2.45, 2.75) is 30.4 Å². The van der Waals surface area contributed by atoms with Gasteiger partial charge in [0.25, 0.3) is 5.91 Å². The summed E-state index contributed by atoms with van der Waals surface area (Å²) in [5.41, 5.74) is 1.96. The Kier molecular flexibility index (Phi) is 8.34. The zero-order valence-electron chi connectivity index (χ0n) is 18.5. The summed E-state index contributed by atoms with van der Waals surface area (Å²) in [5.74, 6) is 0.751. The van der Waals surface area contributed by atoms with Gasteiger partial charge in [-0.3, -0.25) is 4.79 Å². The molecule has 0 saturated heterocycles. The van der Waals surface area contributed by atoms with Crippen LogP contribution in [0.15, 0.2) is 59.8 Å². The highest BCUT2D eigenvalue weighted by molar-refractivity contribution is 7.98. The van der Waals surface area contributed by atoms with Crippen LogP contribution in [0.2, 0.25) is 0 Å². The fraction of sp³-hybridized carbons (Fsp3) is 0.261. The van der Waals surface area contributed by atoms with E-state index >= 15 is 0 Å². The van der Waals surface area contributed by atoms with E-state index in [1.165, 1.54) is 35.2 Å². The number of benzene rings is 2. The van der Waals surface area contributed by atoms with Gasteiger partial charge < -0.3 is 14.6 Å². The van der Waals surface area contributed by atoms with Gasteiger partial charge in [-0.2, -0.15) is 0 Å². The Morgan fingerprint density at radius 2 is 1.85 bits per heavy atom. The van der Waals surface area contributed by atoms with Gasteiger partial charge in [0.05, 0.1) is 12.4 Å². The third-order valence-corrected chi connectivity index (χ3v) is 6.95. The number of aromatic nitrogens is 5. The Labute approximate surface area is 204 Å². The second kappa shape index (κ2) is 11.8. The molecule has 0 aliphatic rings. The van der Waals surface area contributed by atoms with E-state index in [2.05, 4.69) is 42.4 Å². The second-order valence-electron chi connectivity index (χ2n) is 7.30. The van der Waals surface area contributed by atoms with Crippen LogP contribution in [0.4, 0.5) is 4.39 Å². The van der Waals surface area contributed by atoms with Crippen molar-refractivity contribution in [3.05, 3.63) is 87.4 Å². The van der Waals surface area contributed by atoms with Gasteiger partial charge in [-0.1, -0.05) is 65.6 Å². The number of nitrogens with zero attached hydrogens (tertiary/aromatic N) is 5. The van der Waals surface area contributed by atoms with Gasteiger partial charge in [0, 0.05) is 26.6 Å². The molecule has 1 amide bonds. The lowest BCUT2D eigenvalue weighted by atomic mass is 10.1. The van der Waals surface area contributed by atoms with E-state index in [-0.39, 0.29) is 23.3 Å². The highest BCUT2D eigenvalue weighted by Crippen LogP contribution is 2.24. The number of hydrogen-bond donors (Lipinski definition) is 1. The molecule has 4 rings (SSSR count). The number of carbonyl (C=O) groups excluding carboxylic acids is 1. The Morgan fingerprint density at radius 3 is 2.62 bits per heavy atom. The van der Waals surface area contributed by atoms with E-state index in [1.807, 2.05) is 18.2 Å². The number of ether oxygens (including phenoxy) is 1. The van der Waals surface area contributed by atoms with Crippen LogP contribution in [0.3, 0.4) is 0 Å². The number of halogens is 1. The molecule has 0 radical (unpaired) electrons. The predicted octanol–water partition coefficient (Wildman–Crippen LogP) is 3.73. The van der Waals surface area contributed by atoms with Crippen molar-refractivity contribution in [3.63, 3.8) is 0 Å². The van der Waals surface area contributed by atoms with E-state index in [1.54, 1.807) is 19.2 Å². The van der Waals surface area contributed by atoms with Crippen LogP contribution in [0.25, 0.3) is 0 Å². The number of nitrogens with one attached hydrogen (secondary N) is 1. The van der Waals surface area contributed by atoms with Crippen LogP contribution in [0, 0.1) is 5.82 Å². The van der Waals surface area contributed by atoms with Gasteiger partial charge in [0.1, 0.15) is 16.6 Å². The lowest BCUT2D eigenvalue weighted by Gasteiger charge is -2.09. The van der Waals surface area contributed by atoms with E-state index < -0.39 is 0 Å². The van der Waals surface area contributed by atoms with Crippen LogP contribution in [-0.4, -0.2) is 44.6 Å². The summed E-state index contributed by atoms with van der Waals surface area (Å²) in [6.45, 7) is 1.47. The van der Waals surface area contributed by atoms with Crippen molar-refractivity contribution in [3.8, 4) is 0 Å². The maximum atomic E-state index is 13.0. The molecule has 176 valence electrons. The Hall–Kier alpha value is -3.15. The topological polar surface area (TPSA) is 94.8 Å². The Morgan fingerprint density at radius 1 is 1.06 bits per heavy atom. The summed E-state index contributed by atoms with van der Waals surface area (Å²) in [6.07, 6.45) is 0.676. The monoisotopic (exact) mass is 498 g/mol. The predicted molar refractivity (Wildman–Crippen MR) is 128 cm³/mol. The fourth-order valence-corrected chi connectivity index (χ4v) is 4.86. The highest BCUT2D eigenvalue weighted by Gasteiger charge is 2.16. The maximum Gasteiger partial charge on any atom is 0.282 e. The molecule has 4 aromatic rings. The van der Waals surface area contributed by atoms with E-state index in [9.17, 15) is 9.18 Å². The van der Waals surface area contributed by atoms with Crippen LogP contribution in [0.5, 0.6) is 0 Å². The number of methoxy groups -OCH3 is 1. The summed E-state index contributed by atoms with van der Waals surface area (Å²) in [4.78, 5) is 12.4. The molecule has 11 heteroatoms. The van der Waals surface area contributed by atoms with Crippen LogP contribution < -0.4 is 5.32 Å². The number of rotatable bonds is 11. The van der Waals surface area contributed by atoms with Gasteiger partial charge in [0.15, 0.2) is 5.16 Å². The minimum absolute atomic E-state index is 0.281. The SMILES string of the molecule is COCCn1c(Cc2ccccc2)nnc1SCc1nnc(C(=O)NCc2ccc(F)cc2)s1. The molecule has 8 nitrogen and oxygen atoms in total. The van der Waals surface area contributed by atoms with Gasteiger partial charge in [-0.05, 0) is 23.3 Å². The molecule has 34 heavy (non-hydrogen) atoms. The van der Waals surface area contributed by atoms with Gasteiger partial charge in [-0.25, -0.2) is 4.39 Å². The van der Waals surface area contributed by atoms with E-state index in [4.69, 9.17) is 4.74 Å². The first kappa shape index (κ1) is 24.0. The molecule has 0 aliphatic carbocycles. The molecule has 0 bridgehead atoms. The number of thioether (sulfide) groups is 1. The summed E-state index contributed by atoms with van der Waals surface area (Å²) in [5, 5.41) is 21.4. The summed E-state index contributed by atoms with van der Waals surface area (Å²) in [6, 6.07) is 16.1. The molecule has 0 spiro atoms. The molecular weight excluding hydrogens is 475 g/mol. The van der Waals surface area contributed by atoms with E-state index in [0.29, 0.717) is 30.3 Å². The second-order valence-corrected chi connectivity index (χ2v) is 9.31. The Bertz CT molecular complexity index is 1210. The van der Waals surface area contributed by atoms with E-state index in [0.717, 1.165) is 22.1 Å². The third kappa shape index (κ3) is 6.46. The van der Waals surface area contributed by atoms with Crippen molar-refractivity contribution < 1.29 is 13.9 Å². The van der Waals surface area contributed by atoms with Gasteiger partial charge in [0.2, 0.25) is 5.01 Å². The third-order valence-electron chi connectivity index (χ3n) is 4.87. The van der Waals surface area contributed by atoms with Gasteiger partial charge >= 0.3 is 0 Å². The van der Waals surface area contributed by atoms with Gasteiger partial charge in [-0.15, -0.1) is 20.4 Å². The smallest absolute Gasteiger partial charge is 0.282 e. The van der Waals surface area contributed by atoms with Crippen LogP contribution >= 0.6 is 23.1 Å². The normalized spacial score (nSPS) is 11.0.